The Hall–Kier alpha value is -1.83. The number of halogens is 5. The molecule has 0 fully saturated rings. The van der Waals surface area contributed by atoms with Crippen LogP contribution in [0.4, 0.5) is 23.2 Å². The minimum Gasteiger partial charge on any atom is -0.345 e. The summed E-state index contributed by atoms with van der Waals surface area (Å²) in [6, 6.07) is 3.34. The lowest BCUT2D eigenvalue weighted by molar-refractivity contribution is -0.163. The third kappa shape index (κ3) is 3.84. The zero-order valence-electron chi connectivity index (χ0n) is 11.0. The van der Waals surface area contributed by atoms with Crippen LogP contribution >= 0.6 is 11.6 Å². The normalized spacial score (nSPS) is 11.4. The van der Waals surface area contributed by atoms with Gasteiger partial charge in [-0.25, -0.2) is 8.78 Å². The molecule has 0 bridgehead atoms. The van der Waals surface area contributed by atoms with Crippen LogP contribution in [0.5, 0.6) is 0 Å². The van der Waals surface area contributed by atoms with E-state index in [4.69, 9.17) is 11.6 Å². The van der Waals surface area contributed by atoms with Crippen LogP contribution in [0, 0.1) is 0 Å². The van der Waals surface area contributed by atoms with Crippen LogP contribution < -0.4 is 5.32 Å². The second kappa shape index (κ2) is 6.30. The van der Waals surface area contributed by atoms with Gasteiger partial charge < -0.3 is 10.2 Å². The van der Waals surface area contributed by atoms with Crippen molar-refractivity contribution in [2.24, 2.45) is 0 Å². The van der Waals surface area contributed by atoms with E-state index in [-0.39, 0.29) is 16.3 Å². The fraction of sp³-hybridized carbons (Fsp3) is 0.333. The summed E-state index contributed by atoms with van der Waals surface area (Å²) in [5.41, 5.74) is -0.297. The molecule has 1 rings (SSSR count). The summed E-state index contributed by atoms with van der Waals surface area (Å²) < 4.78 is 49.8. The van der Waals surface area contributed by atoms with Crippen molar-refractivity contribution in [3.05, 3.63) is 28.8 Å². The molecule has 0 saturated carbocycles. The molecule has 0 atom stereocenters. The molecule has 9 heteroatoms. The zero-order chi connectivity index (χ0) is 16.4. The number of carbonyl (C=O) groups is 2. The number of hydrogen-bond donors (Lipinski definition) is 1. The van der Waals surface area contributed by atoms with Gasteiger partial charge >= 0.3 is 18.3 Å². The summed E-state index contributed by atoms with van der Waals surface area (Å²) in [6.45, 7) is 0. The van der Waals surface area contributed by atoms with Crippen molar-refractivity contribution in [2.45, 2.75) is 12.3 Å². The van der Waals surface area contributed by atoms with E-state index in [0.717, 1.165) is 12.1 Å². The second-order valence-electron chi connectivity index (χ2n) is 4.27. The molecule has 21 heavy (non-hydrogen) atoms. The minimum atomic E-state index is -4.83. The summed E-state index contributed by atoms with van der Waals surface area (Å²) in [7, 11) is 2.88. The summed E-state index contributed by atoms with van der Waals surface area (Å²) in [5.74, 6) is -7.52. The number of benzene rings is 1. The Morgan fingerprint density at radius 1 is 1.29 bits per heavy atom. The number of carbonyl (C=O) groups excluding carboxylic acids is 2. The number of anilines is 1. The Morgan fingerprint density at radius 2 is 1.86 bits per heavy atom. The number of nitrogens with zero attached hydrogens (tertiary/aromatic N) is 1. The monoisotopic (exact) mass is 326 g/mol. The number of amides is 2. The highest BCUT2D eigenvalue weighted by molar-refractivity contribution is 6.34. The summed E-state index contributed by atoms with van der Waals surface area (Å²) in [5, 5.41) is 1.66. The lowest BCUT2D eigenvalue weighted by Gasteiger charge is -2.16. The quantitative estimate of drug-likeness (QED) is 0.865. The molecule has 0 aromatic heterocycles. The smallest absolute Gasteiger partial charge is 0.345 e. The Morgan fingerprint density at radius 3 is 2.33 bits per heavy atom. The number of hydrogen-bond acceptors (Lipinski definition) is 2. The van der Waals surface area contributed by atoms with Gasteiger partial charge in [-0.15, -0.1) is 0 Å². The van der Waals surface area contributed by atoms with Gasteiger partial charge in [-0.2, -0.15) is 8.78 Å². The number of alkyl halides is 4. The lowest BCUT2D eigenvalue weighted by Crippen LogP contribution is -2.41. The molecular formula is C12H11ClF4N2O2. The summed E-state index contributed by atoms with van der Waals surface area (Å²) >= 11 is 5.78. The third-order valence-corrected chi connectivity index (χ3v) is 2.77. The van der Waals surface area contributed by atoms with Crippen LogP contribution in [0.15, 0.2) is 18.2 Å². The van der Waals surface area contributed by atoms with Crippen molar-refractivity contribution < 1.29 is 27.2 Å². The first-order valence-corrected chi connectivity index (χ1v) is 5.93. The van der Waals surface area contributed by atoms with Gasteiger partial charge in [-0.3, -0.25) is 9.59 Å². The van der Waals surface area contributed by atoms with Gasteiger partial charge in [0.15, 0.2) is 0 Å². The molecule has 0 heterocycles. The Labute approximate surface area is 122 Å². The molecule has 1 aromatic rings. The van der Waals surface area contributed by atoms with E-state index in [1.807, 2.05) is 0 Å². The fourth-order valence-electron chi connectivity index (χ4n) is 1.32. The van der Waals surface area contributed by atoms with Crippen molar-refractivity contribution in [3.8, 4) is 0 Å². The van der Waals surface area contributed by atoms with Crippen LogP contribution in [0.1, 0.15) is 10.4 Å². The van der Waals surface area contributed by atoms with Gasteiger partial charge in [0.25, 0.3) is 5.91 Å². The predicted molar refractivity (Wildman–Crippen MR) is 69.1 cm³/mol. The van der Waals surface area contributed by atoms with Gasteiger partial charge in [-0.1, -0.05) is 11.6 Å². The predicted octanol–water partition coefficient (Wildman–Crippen LogP) is 2.88. The van der Waals surface area contributed by atoms with Crippen molar-refractivity contribution in [1.82, 2.24) is 4.90 Å². The minimum absolute atomic E-state index is 0.0346. The topological polar surface area (TPSA) is 49.4 Å². The maximum Gasteiger partial charge on any atom is 0.383 e. The Balaban J connectivity index is 3.04. The maximum atomic E-state index is 12.8. The SMILES string of the molecule is CN(C)C(=O)c1cc(NC(=O)C(F)(F)C(F)F)ccc1Cl. The molecule has 116 valence electrons. The maximum absolute atomic E-state index is 12.8. The highest BCUT2D eigenvalue weighted by atomic mass is 35.5. The highest BCUT2D eigenvalue weighted by Crippen LogP contribution is 2.26. The van der Waals surface area contributed by atoms with Crippen molar-refractivity contribution in [3.63, 3.8) is 0 Å². The average molecular weight is 327 g/mol. The van der Waals surface area contributed by atoms with Crippen LogP contribution in [-0.2, 0) is 4.79 Å². The van der Waals surface area contributed by atoms with Gasteiger partial charge in [0.2, 0.25) is 0 Å². The van der Waals surface area contributed by atoms with Crippen molar-refractivity contribution in [2.75, 3.05) is 19.4 Å². The van der Waals surface area contributed by atoms with Crippen molar-refractivity contribution >= 4 is 29.1 Å². The molecule has 0 aliphatic rings. The van der Waals surface area contributed by atoms with E-state index >= 15 is 0 Å². The van der Waals surface area contributed by atoms with E-state index in [0.29, 0.717) is 0 Å². The van der Waals surface area contributed by atoms with Crippen LogP contribution in [0.2, 0.25) is 5.02 Å². The van der Waals surface area contributed by atoms with Crippen LogP contribution in [-0.4, -0.2) is 43.2 Å². The Kier molecular flexibility index (Phi) is 5.16. The molecule has 1 aromatic carbocycles. The van der Waals surface area contributed by atoms with E-state index in [2.05, 4.69) is 0 Å². The first kappa shape index (κ1) is 17.2. The van der Waals surface area contributed by atoms with Gasteiger partial charge in [0, 0.05) is 19.8 Å². The standard InChI is InChI=1S/C12H11ClF4N2O2/c1-19(2)9(20)7-5-6(3-4-8(7)13)18-11(21)12(16,17)10(14)15/h3-5,10H,1-2H3,(H,18,21). The molecule has 4 nitrogen and oxygen atoms in total. The summed E-state index contributed by atoms with van der Waals surface area (Å²) in [4.78, 5) is 24.1. The molecule has 2 amide bonds. The van der Waals surface area contributed by atoms with E-state index in [9.17, 15) is 27.2 Å². The van der Waals surface area contributed by atoms with Gasteiger partial charge in [0.1, 0.15) is 0 Å². The zero-order valence-corrected chi connectivity index (χ0v) is 11.7. The molecule has 0 unspecified atom stereocenters. The average Bonchev–Trinajstić information content (AvgIpc) is 2.39. The molecule has 1 N–H and O–H groups in total. The first-order chi connectivity index (χ1) is 9.57. The molecule has 0 aliphatic heterocycles. The molecule has 0 aliphatic carbocycles. The highest BCUT2D eigenvalue weighted by Gasteiger charge is 2.49. The number of nitrogens with one attached hydrogen (secondary N) is 1. The van der Waals surface area contributed by atoms with E-state index in [1.165, 1.54) is 25.1 Å². The largest absolute Gasteiger partial charge is 0.383 e. The molecule has 0 spiro atoms. The fourth-order valence-corrected chi connectivity index (χ4v) is 1.52. The van der Waals surface area contributed by atoms with Crippen LogP contribution in [0.3, 0.4) is 0 Å². The summed E-state index contributed by atoms with van der Waals surface area (Å²) in [6.07, 6.45) is -4.13. The van der Waals surface area contributed by atoms with E-state index < -0.39 is 24.2 Å². The molecule has 0 radical (unpaired) electrons. The molecule has 0 saturated heterocycles. The molecular weight excluding hydrogens is 316 g/mol. The van der Waals surface area contributed by atoms with Crippen LogP contribution in [0.25, 0.3) is 0 Å². The lowest BCUT2D eigenvalue weighted by atomic mass is 10.1. The van der Waals surface area contributed by atoms with Gasteiger partial charge in [0.05, 0.1) is 10.6 Å². The van der Waals surface area contributed by atoms with Gasteiger partial charge in [-0.05, 0) is 18.2 Å². The third-order valence-electron chi connectivity index (χ3n) is 2.44. The Bertz CT molecular complexity index is 564. The number of rotatable bonds is 4. The van der Waals surface area contributed by atoms with Crippen molar-refractivity contribution in [1.29, 1.82) is 0 Å². The van der Waals surface area contributed by atoms with E-state index in [1.54, 1.807) is 5.32 Å². The second-order valence-corrected chi connectivity index (χ2v) is 4.68. The first-order valence-electron chi connectivity index (χ1n) is 5.56.